The van der Waals surface area contributed by atoms with E-state index in [1.807, 2.05) is 13.8 Å². The van der Waals surface area contributed by atoms with Gasteiger partial charge in [-0.3, -0.25) is 4.79 Å². The van der Waals surface area contributed by atoms with E-state index in [2.05, 4.69) is 33.0 Å². The first kappa shape index (κ1) is 13.5. The van der Waals surface area contributed by atoms with Crippen molar-refractivity contribution in [2.45, 2.75) is 32.9 Å². The van der Waals surface area contributed by atoms with Crippen molar-refractivity contribution in [3.05, 3.63) is 35.2 Å². The number of tetrazole rings is 1. The minimum atomic E-state index is -0.112. The molecule has 0 saturated carbocycles. The molecule has 21 heavy (non-hydrogen) atoms. The molecule has 1 aromatic carbocycles. The Morgan fingerprint density at radius 1 is 1.48 bits per heavy atom. The highest BCUT2D eigenvalue weighted by molar-refractivity contribution is 5.76. The molecular formula is C14H17N5O2. The lowest BCUT2D eigenvalue weighted by atomic mass is 9.95. The summed E-state index contributed by atoms with van der Waals surface area (Å²) in [6, 6.07) is 4.13. The Morgan fingerprint density at radius 3 is 3.10 bits per heavy atom. The van der Waals surface area contributed by atoms with Crippen LogP contribution < -0.4 is 10.1 Å². The number of aromatic nitrogens is 4. The lowest BCUT2D eigenvalue weighted by Crippen LogP contribution is -2.34. The molecule has 0 unspecified atom stereocenters. The zero-order valence-electron chi connectivity index (χ0n) is 12.0. The quantitative estimate of drug-likeness (QED) is 0.908. The molecule has 0 aliphatic carbocycles. The van der Waals surface area contributed by atoms with E-state index >= 15 is 0 Å². The number of hydrogen-bond acceptors (Lipinski definition) is 5. The standard InChI is InChI=1S/C14H17N5O2/c1-9-5-10(2)14-11(6-9)12(3-4-21-14)16-13(20)7-19-8-15-17-18-19/h5-6,8,12H,3-4,7H2,1-2H3,(H,16,20)/t12-/m1/s1. The predicted molar refractivity (Wildman–Crippen MR) is 74.7 cm³/mol. The molecule has 110 valence electrons. The minimum Gasteiger partial charge on any atom is -0.493 e. The van der Waals surface area contributed by atoms with Crippen molar-refractivity contribution in [2.24, 2.45) is 0 Å². The van der Waals surface area contributed by atoms with Crippen LogP contribution in [0.2, 0.25) is 0 Å². The van der Waals surface area contributed by atoms with Crippen molar-refractivity contribution >= 4 is 5.91 Å². The van der Waals surface area contributed by atoms with Gasteiger partial charge < -0.3 is 10.1 Å². The Bertz CT molecular complexity index is 654. The van der Waals surface area contributed by atoms with Crippen LogP contribution in [0.1, 0.15) is 29.2 Å². The van der Waals surface area contributed by atoms with Crippen LogP contribution in [0.25, 0.3) is 0 Å². The van der Waals surface area contributed by atoms with Crippen molar-refractivity contribution in [3.63, 3.8) is 0 Å². The smallest absolute Gasteiger partial charge is 0.242 e. The molecule has 7 nitrogen and oxygen atoms in total. The van der Waals surface area contributed by atoms with Gasteiger partial charge in [-0.1, -0.05) is 17.7 Å². The molecule has 1 atom stereocenters. The molecule has 0 fully saturated rings. The Kier molecular flexibility index (Phi) is 3.55. The molecule has 0 radical (unpaired) electrons. The van der Waals surface area contributed by atoms with Crippen molar-refractivity contribution < 1.29 is 9.53 Å². The first-order valence-corrected chi connectivity index (χ1v) is 6.87. The fraction of sp³-hybridized carbons (Fsp3) is 0.429. The number of ether oxygens (including phenoxy) is 1. The Balaban J connectivity index is 1.77. The van der Waals surface area contributed by atoms with Crippen LogP contribution >= 0.6 is 0 Å². The fourth-order valence-corrected chi connectivity index (χ4v) is 2.67. The number of hydrogen-bond donors (Lipinski definition) is 1. The Morgan fingerprint density at radius 2 is 2.33 bits per heavy atom. The highest BCUT2D eigenvalue weighted by Gasteiger charge is 2.24. The van der Waals surface area contributed by atoms with E-state index in [0.717, 1.165) is 28.9 Å². The topological polar surface area (TPSA) is 81.9 Å². The number of fused-ring (bicyclic) bond motifs is 1. The highest BCUT2D eigenvalue weighted by Crippen LogP contribution is 2.35. The van der Waals surface area contributed by atoms with Crippen LogP contribution in [0.3, 0.4) is 0 Å². The summed E-state index contributed by atoms with van der Waals surface area (Å²) in [7, 11) is 0. The average Bonchev–Trinajstić information content (AvgIpc) is 2.92. The number of aryl methyl sites for hydroxylation is 2. The van der Waals surface area contributed by atoms with Gasteiger partial charge in [0.05, 0.1) is 12.6 Å². The number of carbonyl (C=O) groups excluding carboxylic acids is 1. The van der Waals surface area contributed by atoms with Crippen molar-refractivity contribution in [3.8, 4) is 5.75 Å². The van der Waals surface area contributed by atoms with E-state index in [4.69, 9.17) is 4.74 Å². The zero-order chi connectivity index (χ0) is 14.8. The molecule has 1 aromatic heterocycles. The largest absolute Gasteiger partial charge is 0.493 e. The first-order valence-electron chi connectivity index (χ1n) is 6.87. The fourth-order valence-electron chi connectivity index (χ4n) is 2.67. The third-order valence-electron chi connectivity index (χ3n) is 3.51. The number of carbonyl (C=O) groups is 1. The molecule has 2 aromatic rings. The van der Waals surface area contributed by atoms with Gasteiger partial charge in [-0.25, -0.2) is 4.68 Å². The molecule has 1 aliphatic heterocycles. The number of benzene rings is 1. The Hall–Kier alpha value is -2.44. The van der Waals surface area contributed by atoms with Gasteiger partial charge in [-0.2, -0.15) is 0 Å². The number of rotatable bonds is 3. The third-order valence-corrected chi connectivity index (χ3v) is 3.51. The molecule has 0 spiro atoms. The van der Waals surface area contributed by atoms with E-state index in [1.165, 1.54) is 11.0 Å². The summed E-state index contributed by atoms with van der Waals surface area (Å²) in [5, 5.41) is 13.8. The van der Waals surface area contributed by atoms with Crippen LogP contribution in [0.4, 0.5) is 0 Å². The maximum Gasteiger partial charge on any atom is 0.242 e. The molecule has 7 heteroatoms. The first-order chi connectivity index (χ1) is 10.1. The van der Waals surface area contributed by atoms with Gasteiger partial charge in [0.1, 0.15) is 18.6 Å². The maximum atomic E-state index is 12.1. The lowest BCUT2D eigenvalue weighted by molar-refractivity contribution is -0.122. The van der Waals surface area contributed by atoms with E-state index in [0.29, 0.717) is 6.61 Å². The summed E-state index contributed by atoms with van der Waals surface area (Å²) in [4.78, 5) is 12.1. The van der Waals surface area contributed by atoms with Crippen LogP contribution in [-0.2, 0) is 11.3 Å². The van der Waals surface area contributed by atoms with Gasteiger partial charge in [0.25, 0.3) is 0 Å². The summed E-state index contributed by atoms with van der Waals surface area (Å²) in [6.07, 6.45) is 2.18. The third kappa shape index (κ3) is 2.86. The van der Waals surface area contributed by atoms with Crippen LogP contribution in [0.15, 0.2) is 18.5 Å². The average molecular weight is 287 g/mol. The molecular weight excluding hydrogens is 270 g/mol. The molecule has 1 aliphatic rings. The molecule has 3 rings (SSSR count). The second-order valence-electron chi connectivity index (χ2n) is 5.26. The summed E-state index contributed by atoms with van der Waals surface area (Å²) in [5.74, 6) is 0.777. The van der Waals surface area contributed by atoms with Crippen LogP contribution in [-0.4, -0.2) is 32.7 Å². The highest BCUT2D eigenvalue weighted by atomic mass is 16.5. The minimum absolute atomic E-state index is 0.0312. The van der Waals surface area contributed by atoms with Crippen LogP contribution in [0.5, 0.6) is 5.75 Å². The van der Waals surface area contributed by atoms with E-state index in [9.17, 15) is 4.79 Å². The van der Waals surface area contributed by atoms with E-state index in [-0.39, 0.29) is 18.5 Å². The van der Waals surface area contributed by atoms with E-state index in [1.54, 1.807) is 0 Å². The number of nitrogens with one attached hydrogen (secondary N) is 1. The molecule has 2 heterocycles. The Labute approximate surface area is 122 Å². The number of amides is 1. The summed E-state index contributed by atoms with van der Waals surface area (Å²) >= 11 is 0. The lowest BCUT2D eigenvalue weighted by Gasteiger charge is -2.28. The van der Waals surface area contributed by atoms with Gasteiger partial charge in [0.2, 0.25) is 5.91 Å². The van der Waals surface area contributed by atoms with Gasteiger partial charge in [0.15, 0.2) is 0 Å². The van der Waals surface area contributed by atoms with Gasteiger partial charge >= 0.3 is 0 Å². The predicted octanol–water partition coefficient (Wildman–Crippen LogP) is 0.930. The van der Waals surface area contributed by atoms with Crippen molar-refractivity contribution in [2.75, 3.05) is 6.61 Å². The zero-order valence-corrected chi connectivity index (χ0v) is 12.0. The van der Waals surface area contributed by atoms with Gasteiger partial charge in [-0.15, -0.1) is 5.10 Å². The monoisotopic (exact) mass is 287 g/mol. The van der Waals surface area contributed by atoms with Crippen molar-refractivity contribution in [1.82, 2.24) is 25.5 Å². The van der Waals surface area contributed by atoms with Gasteiger partial charge in [0, 0.05) is 12.0 Å². The molecule has 1 N–H and O–H groups in total. The van der Waals surface area contributed by atoms with Crippen LogP contribution in [0, 0.1) is 13.8 Å². The summed E-state index contributed by atoms with van der Waals surface area (Å²) in [6.45, 7) is 4.79. The maximum absolute atomic E-state index is 12.1. The molecule has 0 saturated heterocycles. The second-order valence-corrected chi connectivity index (χ2v) is 5.26. The summed E-state index contributed by atoms with van der Waals surface area (Å²) < 4.78 is 7.14. The molecule has 0 bridgehead atoms. The SMILES string of the molecule is Cc1cc(C)c2c(c1)[C@H](NC(=O)Cn1cnnn1)CCO2. The summed E-state index contributed by atoms with van der Waals surface area (Å²) in [5.41, 5.74) is 3.31. The normalized spacial score (nSPS) is 17.0. The van der Waals surface area contributed by atoms with Gasteiger partial charge in [-0.05, 0) is 29.8 Å². The van der Waals surface area contributed by atoms with Crippen molar-refractivity contribution in [1.29, 1.82) is 0 Å². The number of nitrogens with zero attached hydrogens (tertiary/aromatic N) is 4. The molecule has 1 amide bonds. The van der Waals surface area contributed by atoms with E-state index < -0.39 is 0 Å². The second kappa shape index (κ2) is 5.51.